The molecule has 1 heterocycles. The van der Waals surface area contributed by atoms with Crippen molar-refractivity contribution in [3.8, 4) is 0 Å². The lowest BCUT2D eigenvalue weighted by Crippen LogP contribution is -2.07. The number of aromatic nitrogens is 1. The average molecular weight is 283 g/mol. The number of esters is 1. The summed E-state index contributed by atoms with van der Waals surface area (Å²) in [6.07, 6.45) is 0. The Morgan fingerprint density at radius 3 is 3.11 bits per heavy atom. The molecule has 0 radical (unpaired) electrons. The minimum Gasteiger partial charge on any atom is -0.461 e. The molecule has 0 saturated heterocycles. The molecule has 0 saturated carbocycles. The molecular weight excluding hydrogens is 272 g/mol. The van der Waals surface area contributed by atoms with Gasteiger partial charge in [-0.2, -0.15) is 0 Å². The third kappa shape index (κ3) is 3.00. The number of anilines is 2. The molecule has 2 rings (SSSR count). The zero-order valence-electron chi connectivity index (χ0n) is 9.64. The molecule has 18 heavy (non-hydrogen) atoms. The van der Waals surface area contributed by atoms with Gasteiger partial charge in [-0.25, -0.2) is 9.78 Å². The van der Waals surface area contributed by atoms with Gasteiger partial charge in [0.1, 0.15) is 5.00 Å². The summed E-state index contributed by atoms with van der Waals surface area (Å²) < 4.78 is 4.93. The van der Waals surface area contributed by atoms with Crippen LogP contribution in [-0.2, 0) is 4.74 Å². The fourth-order valence-corrected chi connectivity index (χ4v) is 2.26. The van der Waals surface area contributed by atoms with E-state index in [0.29, 0.717) is 22.3 Å². The molecule has 94 valence electrons. The van der Waals surface area contributed by atoms with Gasteiger partial charge >= 0.3 is 5.97 Å². The van der Waals surface area contributed by atoms with Gasteiger partial charge in [0.05, 0.1) is 12.1 Å². The number of rotatable bonds is 4. The summed E-state index contributed by atoms with van der Waals surface area (Å²) >= 11 is 7.23. The molecule has 2 aromatic rings. The zero-order chi connectivity index (χ0) is 13.0. The predicted octanol–water partition coefficient (Wildman–Crippen LogP) is 3.72. The molecule has 1 aromatic heterocycles. The van der Waals surface area contributed by atoms with Crippen molar-refractivity contribution in [2.45, 2.75) is 6.92 Å². The van der Waals surface area contributed by atoms with Crippen LogP contribution < -0.4 is 5.32 Å². The van der Waals surface area contributed by atoms with E-state index in [1.54, 1.807) is 24.6 Å². The second-order valence-electron chi connectivity index (χ2n) is 3.39. The van der Waals surface area contributed by atoms with Crippen LogP contribution in [0.2, 0.25) is 5.02 Å². The van der Waals surface area contributed by atoms with Crippen LogP contribution in [0.4, 0.5) is 10.7 Å². The van der Waals surface area contributed by atoms with Crippen molar-refractivity contribution < 1.29 is 9.53 Å². The first kappa shape index (κ1) is 12.9. The van der Waals surface area contributed by atoms with Crippen molar-refractivity contribution >= 4 is 39.6 Å². The van der Waals surface area contributed by atoms with Crippen molar-refractivity contribution in [1.82, 2.24) is 4.98 Å². The van der Waals surface area contributed by atoms with Crippen molar-refractivity contribution in [2.75, 3.05) is 11.9 Å². The number of nitrogens with zero attached hydrogens (tertiary/aromatic N) is 1. The summed E-state index contributed by atoms with van der Waals surface area (Å²) in [4.78, 5) is 15.6. The lowest BCUT2D eigenvalue weighted by Gasteiger charge is -2.06. The van der Waals surface area contributed by atoms with Crippen molar-refractivity contribution in [2.24, 2.45) is 0 Å². The van der Waals surface area contributed by atoms with Crippen LogP contribution in [0.5, 0.6) is 0 Å². The van der Waals surface area contributed by atoms with Crippen LogP contribution >= 0.6 is 22.9 Å². The lowest BCUT2D eigenvalue weighted by atomic mass is 10.3. The standard InChI is InChI=1S/C12H11ClN2O2S/c1-2-17-12(16)10-11(18-7-14-10)15-9-5-3-4-8(13)6-9/h3-7,15H,2H2,1H3. The summed E-state index contributed by atoms with van der Waals surface area (Å²) in [7, 11) is 0. The van der Waals surface area contributed by atoms with Crippen molar-refractivity contribution in [3.63, 3.8) is 0 Å². The molecule has 0 amide bonds. The van der Waals surface area contributed by atoms with E-state index in [1.807, 2.05) is 12.1 Å². The van der Waals surface area contributed by atoms with Crippen LogP contribution in [0, 0.1) is 0 Å². The van der Waals surface area contributed by atoms with E-state index in [-0.39, 0.29) is 0 Å². The van der Waals surface area contributed by atoms with Gasteiger partial charge in [0.2, 0.25) is 0 Å². The van der Waals surface area contributed by atoms with E-state index in [0.717, 1.165) is 5.69 Å². The van der Waals surface area contributed by atoms with Crippen molar-refractivity contribution in [1.29, 1.82) is 0 Å². The first-order chi connectivity index (χ1) is 8.70. The summed E-state index contributed by atoms with van der Waals surface area (Å²) in [6, 6.07) is 7.25. The molecule has 0 unspecified atom stereocenters. The number of hydrogen-bond acceptors (Lipinski definition) is 5. The monoisotopic (exact) mass is 282 g/mol. The van der Waals surface area contributed by atoms with E-state index in [1.165, 1.54) is 11.3 Å². The third-order valence-electron chi connectivity index (χ3n) is 2.12. The molecule has 4 nitrogen and oxygen atoms in total. The Balaban J connectivity index is 2.20. The lowest BCUT2D eigenvalue weighted by molar-refractivity contribution is 0.0521. The maximum Gasteiger partial charge on any atom is 0.360 e. The van der Waals surface area contributed by atoms with Gasteiger partial charge in [0, 0.05) is 10.7 Å². The SMILES string of the molecule is CCOC(=O)c1ncsc1Nc1cccc(Cl)c1. The van der Waals surface area contributed by atoms with E-state index in [4.69, 9.17) is 16.3 Å². The van der Waals surface area contributed by atoms with E-state index < -0.39 is 5.97 Å². The third-order valence-corrected chi connectivity index (χ3v) is 3.10. The van der Waals surface area contributed by atoms with Gasteiger partial charge in [-0.1, -0.05) is 17.7 Å². The van der Waals surface area contributed by atoms with Crippen molar-refractivity contribution in [3.05, 3.63) is 40.5 Å². The maximum absolute atomic E-state index is 11.6. The highest BCUT2D eigenvalue weighted by molar-refractivity contribution is 7.14. The van der Waals surface area contributed by atoms with Crippen LogP contribution in [0.3, 0.4) is 0 Å². The maximum atomic E-state index is 11.6. The van der Waals surface area contributed by atoms with Gasteiger partial charge in [0.25, 0.3) is 0 Å². The van der Waals surface area contributed by atoms with Crippen LogP contribution in [0.1, 0.15) is 17.4 Å². The van der Waals surface area contributed by atoms with E-state index in [2.05, 4.69) is 10.3 Å². The fraction of sp³-hybridized carbons (Fsp3) is 0.167. The Hall–Kier alpha value is -1.59. The minimum absolute atomic E-state index is 0.293. The highest BCUT2D eigenvalue weighted by Crippen LogP contribution is 2.26. The van der Waals surface area contributed by atoms with E-state index >= 15 is 0 Å². The topological polar surface area (TPSA) is 51.2 Å². The summed E-state index contributed by atoms with van der Waals surface area (Å²) in [6.45, 7) is 2.08. The van der Waals surface area contributed by atoms with Gasteiger partial charge in [0.15, 0.2) is 5.69 Å². The number of benzene rings is 1. The van der Waals surface area contributed by atoms with Crippen LogP contribution in [-0.4, -0.2) is 17.6 Å². The fourth-order valence-electron chi connectivity index (χ4n) is 1.38. The van der Waals surface area contributed by atoms with Crippen LogP contribution in [0.15, 0.2) is 29.8 Å². The zero-order valence-corrected chi connectivity index (χ0v) is 11.2. The molecule has 0 atom stereocenters. The molecule has 0 aliphatic heterocycles. The molecule has 0 spiro atoms. The molecule has 1 N–H and O–H groups in total. The number of carbonyl (C=O) groups excluding carboxylic acids is 1. The van der Waals surface area contributed by atoms with Gasteiger partial charge < -0.3 is 10.1 Å². The number of hydrogen-bond donors (Lipinski definition) is 1. The number of thiazole rings is 1. The number of halogens is 1. The highest BCUT2D eigenvalue weighted by atomic mass is 35.5. The molecule has 0 aliphatic rings. The molecule has 0 aliphatic carbocycles. The van der Waals surface area contributed by atoms with Gasteiger partial charge in [-0.3, -0.25) is 0 Å². The normalized spacial score (nSPS) is 10.1. The van der Waals surface area contributed by atoms with Gasteiger partial charge in [-0.15, -0.1) is 11.3 Å². The second-order valence-corrected chi connectivity index (χ2v) is 4.68. The predicted molar refractivity (Wildman–Crippen MR) is 72.8 cm³/mol. The number of nitrogens with one attached hydrogen (secondary N) is 1. The molecule has 6 heteroatoms. The summed E-state index contributed by atoms with van der Waals surface area (Å²) in [5.41, 5.74) is 2.69. The largest absolute Gasteiger partial charge is 0.461 e. The number of carbonyl (C=O) groups is 1. The number of ether oxygens (including phenoxy) is 1. The first-order valence-corrected chi connectivity index (χ1v) is 6.59. The molecule has 0 bridgehead atoms. The van der Waals surface area contributed by atoms with E-state index in [9.17, 15) is 4.79 Å². The Morgan fingerprint density at radius 1 is 1.56 bits per heavy atom. The highest BCUT2D eigenvalue weighted by Gasteiger charge is 2.16. The minimum atomic E-state index is -0.428. The Morgan fingerprint density at radius 2 is 2.39 bits per heavy atom. The second kappa shape index (κ2) is 5.84. The molecule has 1 aromatic carbocycles. The van der Waals surface area contributed by atoms with Gasteiger partial charge in [-0.05, 0) is 25.1 Å². The average Bonchev–Trinajstić information content (AvgIpc) is 2.77. The van der Waals surface area contributed by atoms with Crippen LogP contribution in [0.25, 0.3) is 0 Å². The Kier molecular flexibility index (Phi) is 4.17. The summed E-state index contributed by atoms with van der Waals surface area (Å²) in [5.74, 6) is -0.428. The quantitative estimate of drug-likeness (QED) is 0.869. The molecular formula is C12H11ClN2O2S. The Labute approximate surface area is 114 Å². The Bertz CT molecular complexity index is 557. The molecule has 0 fully saturated rings. The summed E-state index contributed by atoms with van der Waals surface area (Å²) in [5, 5.41) is 4.38. The smallest absolute Gasteiger partial charge is 0.360 e. The first-order valence-electron chi connectivity index (χ1n) is 5.34.